The van der Waals surface area contributed by atoms with Crippen LogP contribution in [0.4, 0.5) is 5.69 Å². The molecule has 0 atom stereocenters. The highest BCUT2D eigenvalue weighted by molar-refractivity contribution is 6.30. The number of fused-ring (bicyclic) bond motifs is 1. The molecule has 0 radical (unpaired) electrons. The molecule has 4 rings (SSSR count). The largest absolute Gasteiger partial charge is 0.312 e. The normalized spacial score (nSPS) is 11.8. The minimum Gasteiger partial charge on any atom is -0.267 e. The molecular weight excluding hydrogens is 472 g/mol. The standard InChI is InChI=1S/C23H23ClN8O3/c1-12(11-31-15(4)21(32(34)35)14(3)29-31)26-27-23(33)18-10-19(16-6-8-17(24)9-7-16)25-22-20(18)13(2)28-30(22)5/h6-10H,11H2,1-5H3,(H,27,33)/b26-12-. The number of nitro groups is 1. The fourth-order valence-electron chi connectivity index (χ4n) is 3.96. The number of pyridine rings is 1. The predicted molar refractivity (Wildman–Crippen MR) is 133 cm³/mol. The highest BCUT2D eigenvalue weighted by Gasteiger charge is 2.22. The third-order valence-electron chi connectivity index (χ3n) is 5.61. The van der Waals surface area contributed by atoms with Gasteiger partial charge in [0.1, 0.15) is 11.4 Å². The molecule has 0 bridgehead atoms. The number of amides is 1. The van der Waals surface area contributed by atoms with Crippen LogP contribution in [0.1, 0.15) is 34.4 Å². The van der Waals surface area contributed by atoms with Gasteiger partial charge in [-0.15, -0.1) is 0 Å². The maximum atomic E-state index is 13.2. The Labute approximate surface area is 205 Å². The van der Waals surface area contributed by atoms with Gasteiger partial charge in [-0.05, 0) is 45.9 Å². The van der Waals surface area contributed by atoms with Crippen LogP contribution in [-0.4, -0.2) is 41.1 Å². The van der Waals surface area contributed by atoms with Crippen molar-refractivity contribution in [3.63, 3.8) is 0 Å². The van der Waals surface area contributed by atoms with Gasteiger partial charge in [0.05, 0.1) is 39.5 Å². The molecule has 1 aromatic carbocycles. The number of aryl methyl sites for hydroxylation is 3. The number of benzene rings is 1. The molecule has 0 saturated carbocycles. The summed E-state index contributed by atoms with van der Waals surface area (Å²) in [6.07, 6.45) is 0. The Balaban J connectivity index is 1.65. The van der Waals surface area contributed by atoms with Gasteiger partial charge >= 0.3 is 5.69 Å². The summed E-state index contributed by atoms with van der Waals surface area (Å²) in [6.45, 7) is 6.92. The summed E-state index contributed by atoms with van der Waals surface area (Å²) in [5.41, 5.74) is 6.83. The number of carbonyl (C=O) groups is 1. The van der Waals surface area contributed by atoms with Crippen molar-refractivity contribution in [1.82, 2.24) is 30.0 Å². The smallest absolute Gasteiger partial charge is 0.267 e. The Bertz CT molecular complexity index is 1500. The minimum absolute atomic E-state index is 0.0252. The molecule has 0 spiro atoms. The van der Waals surface area contributed by atoms with Crippen molar-refractivity contribution in [2.75, 3.05) is 0 Å². The van der Waals surface area contributed by atoms with Gasteiger partial charge in [0, 0.05) is 17.6 Å². The Morgan fingerprint density at radius 1 is 1.17 bits per heavy atom. The first-order valence-electron chi connectivity index (χ1n) is 10.7. The van der Waals surface area contributed by atoms with E-state index >= 15 is 0 Å². The molecule has 11 nitrogen and oxygen atoms in total. The zero-order valence-electron chi connectivity index (χ0n) is 19.8. The second kappa shape index (κ2) is 9.26. The molecule has 0 aliphatic carbocycles. The van der Waals surface area contributed by atoms with E-state index in [4.69, 9.17) is 16.6 Å². The van der Waals surface area contributed by atoms with E-state index in [9.17, 15) is 14.9 Å². The molecule has 0 aliphatic rings. The van der Waals surface area contributed by atoms with Crippen LogP contribution < -0.4 is 5.43 Å². The Hall–Kier alpha value is -4.12. The summed E-state index contributed by atoms with van der Waals surface area (Å²) in [5.74, 6) is -0.428. The van der Waals surface area contributed by atoms with Gasteiger partial charge in [-0.3, -0.25) is 24.3 Å². The molecule has 1 N–H and O–H groups in total. The zero-order chi connectivity index (χ0) is 25.4. The van der Waals surface area contributed by atoms with Crippen LogP contribution in [0.15, 0.2) is 35.4 Å². The van der Waals surface area contributed by atoms with Gasteiger partial charge in [-0.1, -0.05) is 23.7 Å². The van der Waals surface area contributed by atoms with Crippen LogP contribution in [0.2, 0.25) is 5.02 Å². The predicted octanol–water partition coefficient (Wildman–Crippen LogP) is 4.12. The molecule has 3 aromatic heterocycles. The SMILES string of the molecule is C/C(Cn1nc(C)c([N+](=O)[O-])c1C)=N/NC(=O)c1cc(-c2ccc(Cl)cc2)nc2c1c(C)nn2C. The van der Waals surface area contributed by atoms with Gasteiger partial charge in [0.2, 0.25) is 0 Å². The molecule has 12 heteroatoms. The van der Waals surface area contributed by atoms with Crippen LogP contribution in [-0.2, 0) is 13.6 Å². The quantitative estimate of drug-likeness (QED) is 0.243. The van der Waals surface area contributed by atoms with Crippen molar-refractivity contribution < 1.29 is 9.72 Å². The maximum absolute atomic E-state index is 13.2. The van der Waals surface area contributed by atoms with Crippen LogP contribution in [0.5, 0.6) is 0 Å². The van der Waals surface area contributed by atoms with E-state index in [0.717, 1.165) is 5.56 Å². The van der Waals surface area contributed by atoms with Crippen LogP contribution >= 0.6 is 11.6 Å². The Morgan fingerprint density at radius 2 is 1.86 bits per heavy atom. The number of halogens is 1. The van der Waals surface area contributed by atoms with Crippen LogP contribution in [0, 0.1) is 30.9 Å². The van der Waals surface area contributed by atoms with Gasteiger partial charge in [0.25, 0.3) is 5.91 Å². The van der Waals surface area contributed by atoms with E-state index in [0.29, 0.717) is 50.1 Å². The first-order valence-corrected chi connectivity index (χ1v) is 11.1. The number of hydrogen-bond donors (Lipinski definition) is 1. The lowest BCUT2D eigenvalue weighted by Gasteiger charge is -2.09. The number of nitrogens with one attached hydrogen (secondary N) is 1. The number of nitrogens with zero attached hydrogens (tertiary/aromatic N) is 7. The first-order chi connectivity index (χ1) is 16.6. The van der Waals surface area contributed by atoms with E-state index in [1.54, 1.807) is 50.7 Å². The monoisotopic (exact) mass is 494 g/mol. The van der Waals surface area contributed by atoms with Gasteiger partial charge < -0.3 is 0 Å². The van der Waals surface area contributed by atoms with E-state index in [2.05, 4.69) is 20.7 Å². The highest BCUT2D eigenvalue weighted by atomic mass is 35.5. The summed E-state index contributed by atoms with van der Waals surface area (Å²) in [6, 6.07) is 8.88. The first kappa shape index (κ1) is 24.0. The van der Waals surface area contributed by atoms with E-state index in [-0.39, 0.29) is 12.2 Å². The molecular formula is C23H23ClN8O3. The summed E-state index contributed by atoms with van der Waals surface area (Å²) in [5, 5.41) is 25.3. The van der Waals surface area contributed by atoms with Crippen molar-refractivity contribution in [3.8, 4) is 11.3 Å². The third-order valence-corrected chi connectivity index (χ3v) is 5.86. The fourth-order valence-corrected chi connectivity index (χ4v) is 4.08. The van der Waals surface area contributed by atoms with Gasteiger partial charge in [-0.25, -0.2) is 10.4 Å². The lowest BCUT2D eigenvalue weighted by Crippen LogP contribution is -2.21. The number of hydrogen-bond acceptors (Lipinski definition) is 7. The highest BCUT2D eigenvalue weighted by Crippen LogP contribution is 2.28. The lowest BCUT2D eigenvalue weighted by molar-refractivity contribution is -0.386. The molecule has 180 valence electrons. The summed E-state index contributed by atoms with van der Waals surface area (Å²) < 4.78 is 3.12. The molecule has 3 heterocycles. The second-order valence-electron chi connectivity index (χ2n) is 8.19. The fraction of sp³-hybridized carbons (Fsp3) is 0.261. The number of rotatable bonds is 6. The minimum atomic E-state index is -0.453. The zero-order valence-corrected chi connectivity index (χ0v) is 20.6. The van der Waals surface area contributed by atoms with E-state index in [1.165, 1.54) is 4.68 Å². The van der Waals surface area contributed by atoms with Crippen LogP contribution in [0.3, 0.4) is 0 Å². The van der Waals surface area contributed by atoms with Crippen molar-refractivity contribution in [2.45, 2.75) is 34.2 Å². The number of carbonyl (C=O) groups excluding carboxylic acids is 1. The number of aromatic nitrogens is 5. The summed E-state index contributed by atoms with van der Waals surface area (Å²) in [7, 11) is 1.77. The number of hydrazone groups is 1. The summed E-state index contributed by atoms with van der Waals surface area (Å²) in [4.78, 5) is 28.7. The maximum Gasteiger partial charge on any atom is 0.312 e. The van der Waals surface area contributed by atoms with E-state index in [1.807, 2.05) is 19.1 Å². The van der Waals surface area contributed by atoms with Gasteiger partial charge in [0.15, 0.2) is 5.65 Å². The average Bonchev–Trinajstić information content (AvgIpc) is 3.25. The molecule has 0 aliphatic heterocycles. The topological polar surface area (TPSA) is 133 Å². The molecule has 0 unspecified atom stereocenters. The molecule has 1 amide bonds. The molecule has 4 aromatic rings. The molecule has 0 saturated heterocycles. The lowest BCUT2D eigenvalue weighted by atomic mass is 10.1. The Kier molecular flexibility index (Phi) is 6.35. The Morgan fingerprint density at radius 3 is 2.49 bits per heavy atom. The average molecular weight is 495 g/mol. The molecule has 0 fully saturated rings. The van der Waals surface area contributed by atoms with Gasteiger partial charge in [-0.2, -0.15) is 15.3 Å². The van der Waals surface area contributed by atoms with Crippen molar-refractivity contribution in [2.24, 2.45) is 12.1 Å². The van der Waals surface area contributed by atoms with E-state index < -0.39 is 10.8 Å². The van der Waals surface area contributed by atoms with Crippen molar-refractivity contribution in [3.05, 3.63) is 68.1 Å². The summed E-state index contributed by atoms with van der Waals surface area (Å²) >= 11 is 6.02. The third kappa shape index (κ3) is 4.62. The molecule has 35 heavy (non-hydrogen) atoms. The second-order valence-corrected chi connectivity index (χ2v) is 8.63. The van der Waals surface area contributed by atoms with Crippen molar-refractivity contribution in [1.29, 1.82) is 0 Å². The van der Waals surface area contributed by atoms with Crippen LogP contribution in [0.25, 0.3) is 22.3 Å². The van der Waals surface area contributed by atoms with Crippen molar-refractivity contribution >= 4 is 39.9 Å².